The lowest BCUT2D eigenvalue weighted by Crippen LogP contribution is -2.03. The summed E-state index contributed by atoms with van der Waals surface area (Å²) in [6, 6.07) is 1.65. The van der Waals surface area contributed by atoms with Gasteiger partial charge in [0.25, 0.3) is 0 Å². The maximum Gasteiger partial charge on any atom is 0.215 e. The summed E-state index contributed by atoms with van der Waals surface area (Å²) in [6.45, 7) is 2.41. The molecule has 0 aliphatic rings. The highest BCUT2D eigenvalue weighted by Crippen LogP contribution is 2.14. The summed E-state index contributed by atoms with van der Waals surface area (Å²) in [5.41, 5.74) is 0.791. The maximum atomic E-state index is 11.9. The average molecular weight is 235 g/mol. The summed E-state index contributed by atoms with van der Waals surface area (Å²) in [4.78, 5) is 15.8. The van der Waals surface area contributed by atoms with Gasteiger partial charge in [0, 0.05) is 11.8 Å². The third-order valence-corrected chi connectivity index (χ3v) is 2.36. The molecule has 2 aromatic rings. The highest BCUT2D eigenvalue weighted by atomic mass is 32.1. The molecular weight excluding hydrogens is 226 g/mol. The van der Waals surface area contributed by atoms with Crippen LogP contribution in [0.25, 0.3) is 0 Å². The lowest BCUT2D eigenvalue weighted by Gasteiger charge is -2.03. The van der Waals surface area contributed by atoms with Gasteiger partial charge < -0.3 is 4.74 Å². The van der Waals surface area contributed by atoms with Crippen molar-refractivity contribution in [1.29, 1.82) is 0 Å². The summed E-state index contributed by atoms with van der Waals surface area (Å²) in [5, 5.41) is 0. The molecule has 0 N–H and O–H groups in total. The third kappa shape index (κ3) is 2.22. The number of carbonyl (C=O) groups is 1. The van der Waals surface area contributed by atoms with Crippen LogP contribution in [-0.2, 0) is 0 Å². The highest BCUT2D eigenvalue weighted by molar-refractivity contribution is 6.99. The van der Waals surface area contributed by atoms with Crippen LogP contribution in [0.3, 0.4) is 0 Å². The Morgan fingerprint density at radius 1 is 1.44 bits per heavy atom. The lowest BCUT2D eigenvalue weighted by molar-refractivity contribution is 0.103. The minimum absolute atomic E-state index is 0.192. The van der Waals surface area contributed by atoms with E-state index in [2.05, 4.69) is 13.7 Å². The van der Waals surface area contributed by atoms with Gasteiger partial charge in [0.1, 0.15) is 11.4 Å². The monoisotopic (exact) mass is 235 g/mol. The number of hydrogen-bond donors (Lipinski definition) is 0. The Labute approximate surface area is 96.4 Å². The first-order chi connectivity index (χ1) is 7.81. The molecule has 2 aromatic heterocycles. The van der Waals surface area contributed by atoms with Crippen molar-refractivity contribution < 1.29 is 9.53 Å². The number of carbonyl (C=O) groups excluding carboxylic acids is 1. The fourth-order valence-corrected chi connectivity index (χ4v) is 1.61. The second-order valence-corrected chi connectivity index (χ2v) is 3.52. The van der Waals surface area contributed by atoms with Crippen molar-refractivity contribution >= 4 is 17.5 Å². The van der Waals surface area contributed by atoms with Gasteiger partial charge in [0.2, 0.25) is 5.78 Å². The SMILES string of the molecule is CCOc1cncc(C(=O)c2cnsn2)c1. The van der Waals surface area contributed by atoms with E-state index in [-0.39, 0.29) is 5.78 Å². The van der Waals surface area contributed by atoms with Crippen LogP contribution < -0.4 is 4.74 Å². The van der Waals surface area contributed by atoms with E-state index in [1.165, 1.54) is 12.4 Å². The van der Waals surface area contributed by atoms with E-state index in [4.69, 9.17) is 4.74 Å². The summed E-state index contributed by atoms with van der Waals surface area (Å²) in [5.74, 6) is 0.388. The molecule has 0 aliphatic heterocycles. The van der Waals surface area contributed by atoms with Crippen molar-refractivity contribution in [2.45, 2.75) is 6.92 Å². The molecule has 16 heavy (non-hydrogen) atoms. The molecule has 2 rings (SSSR count). The van der Waals surface area contributed by atoms with Crippen molar-refractivity contribution in [3.63, 3.8) is 0 Å². The van der Waals surface area contributed by atoms with E-state index >= 15 is 0 Å². The molecule has 0 spiro atoms. The first-order valence-electron chi connectivity index (χ1n) is 4.71. The Morgan fingerprint density at radius 3 is 3.00 bits per heavy atom. The van der Waals surface area contributed by atoms with E-state index < -0.39 is 0 Å². The van der Waals surface area contributed by atoms with Crippen molar-refractivity contribution in [2.75, 3.05) is 6.61 Å². The van der Waals surface area contributed by atoms with E-state index in [0.29, 0.717) is 23.6 Å². The normalized spacial score (nSPS) is 10.1. The van der Waals surface area contributed by atoms with Gasteiger partial charge in [-0.1, -0.05) is 0 Å². The van der Waals surface area contributed by atoms with Crippen molar-refractivity contribution in [1.82, 2.24) is 13.7 Å². The van der Waals surface area contributed by atoms with E-state index in [1.807, 2.05) is 6.92 Å². The van der Waals surface area contributed by atoms with Gasteiger partial charge in [-0.25, -0.2) is 0 Å². The quantitative estimate of drug-likeness (QED) is 0.752. The third-order valence-electron chi connectivity index (χ3n) is 1.88. The fraction of sp³-hybridized carbons (Fsp3) is 0.200. The second kappa shape index (κ2) is 4.80. The average Bonchev–Trinajstić information content (AvgIpc) is 2.82. The number of pyridine rings is 1. The number of nitrogens with zero attached hydrogens (tertiary/aromatic N) is 3. The fourth-order valence-electron chi connectivity index (χ4n) is 1.20. The van der Waals surface area contributed by atoms with Gasteiger partial charge in [0.05, 0.1) is 30.7 Å². The molecule has 0 radical (unpaired) electrons. The molecule has 5 nitrogen and oxygen atoms in total. The predicted octanol–water partition coefficient (Wildman–Crippen LogP) is 1.56. The van der Waals surface area contributed by atoms with Crippen LogP contribution in [0.15, 0.2) is 24.7 Å². The zero-order valence-corrected chi connectivity index (χ0v) is 9.40. The molecule has 0 atom stereocenters. The molecule has 0 unspecified atom stereocenters. The molecule has 82 valence electrons. The molecular formula is C10H9N3O2S. The minimum atomic E-state index is -0.192. The van der Waals surface area contributed by atoms with Gasteiger partial charge in [0.15, 0.2) is 0 Å². The number of ketones is 1. The lowest BCUT2D eigenvalue weighted by atomic mass is 10.1. The number of aromatic nitrogens is 3. The molecule has 0 aromatic carbocycles. The molecule has 0 aliphatic carbocycles. The Morgan fingerprint density at radius 2 is 2.31 bits per heavy atom. The summed E-state index contributed by atoms with van der Waals surface area (Å²) < 4.78 is 12.9. The van der Waals surface area contributed by atoms with Crippen molar-refractivity contribution in [3.8, 4) is 5.75 Å². The van der Waals surface area contributed by atoms with Crippen molar-refractivity contribution in [3.05, 3.63) is 35.9 Å². The molecule has 0 saturated heterocycles. The summed E-state index contributed by atoms with van der Waals surface area (Å²) >= 11 is 1.00. The number of rotatable bonds is 4. The zero-order chi connectivity index (χ0) is 11.4. The molecule has 2 heterocycles. The molecule has 0 bridgehead atoms. The molecule has 0 fully saturated rings. The van der Waals surface area contributed by atoms with Crippen LogP contribution in [0, 0.1) is 0 Å². The largest absolute Gasteiger partial charge is 0.492 e. The number of ether oxygens (including phenoxy) is 1. The Kier molecular flexibility index (Phi) is 3.21. The maximum absolute atomic E-state index is 11.9. The van der Waals surface area contributed by atoms with Crippen LogP contribution in [0.2, 0.25) is 0 Å². The van der Waals surface area contributed by atoms with Crippen LogP contribution in [-0.4, -0.2) is 26.1 Å². The Hall–Kier alpha value is -1.82. The predicted molar refractivity (Wildman–Crippen MR) is 58.7 cm³/mol. The topological polar surface area (TPSA) is 65.0 Å². The van der Waals surface area contributed by atoms with Crippen LogP contribution in [0.4, 0.5) is 0 Å². The molecule has 0 saturated carbocycles. The first kappa shape index (κ1) is 10.7. The summed E-state index contributed by atoms with van der Waals surface area (Å²) in [6.07, 6.45) is 4.50. The van der Waals surface area contributed by atoms with Crippen LogP contribution >= 0.6 is 11.7 Å². The Balaban J connectivity index is 2.27. The molecule has 0 amide bonds. The summed E-state index contributed by atoms with van der Waals surface area (Å²) in [7, 11) is 0. The van der Waals surface area contributed by atoms with Gasteiger partial charge >= 0.3 is 0 Å². The van der Waals surface area contributed by atoms with Crippen molar-refractivity contribution in [2.24, 2.45) is 0 Å². The van der Waals surface area contributed by atoms with Gasteiger partial charge in [-0.15, -0.1) is 0 Å². The second-order valence-electron chi connectivity index (χ2n) is 2.96. The van der Waals surface area contributed by atoms with E-state index in [9.17, 15) is 4.79 Å². The standard InChI is InChI=1S/C10H9N3O2S/c1-2-15-8-3-7(4-11-5-8)10(14)9-6-12-16-13-9/h3-6H,2H2,1H3. The Bertz CT molecular complexity index is 485. The first-order valence-corrected chi connectivity index (χ1v) is 5.44. The van der Waals surface area contributed by atoms with Crippen LogP contribution in [0.5, 0.6) is 5.75 Å². The smallest absolute Gasteiger partial charge is 0.215 e. The van der Waals surface area contributed by atoms with Gasteiger partial charge in [-0.2, -0.15) is 8.75 Å². The number of hydrogen-bond acceptors (Lipinski definition) is 6. The van der Waals surface area contributed by atoms with Gasteiger partial charge in [-0.3, -0.25) is 9.78 Å². The van der Waals surface area contributed by atoms with E-state index in [0.717, 1.165) is 11.7 Å². The van der Waals surface area contributed by atoms with E-state index in [1.54, 1.807) is 12.3 Å². The van der Waals surface area contributed by atoms with Crippen LogP contribution in [0.1, 0.15) is 23.0 Å². The minimum Gasteiger partial charge on any atom is -0.492 e. The highest BCUT2D eigenvalue weighted by Gasteiger charge is 2.12. The zero-order valence-electron chi connectivity index (χ0n) is 8.58. The molecule has 6 heteroatoms. The van der Waals surface area contributed by atoms with Gasteiger partial charge in [-0.05, 0) is 13.0 Å².